The van der Waals surface area contributed by atoms with Crippen LogP contribution in [0.25, 0.3) is 11.4 Å². The Morgan fingerprint density at radius 1 is 1.00 bits per heavy atom. The molecule has 2 aromatic carbocycles. The fourth-order valence-corrected chi connectivity index (χ4v) is 2.95. The van der Waals surface area contributed by atoms with E-state index in [1.54, 1.807) is 12.1 Å². The van der Waals surface area contributed by atoms with E-state index in [0.717, 1.165) is 0 Å². The highest BCUT2D eigenvalue weighted by Gasteiger charge is 2.17. The number of esters is 1. The van der Waals surface area contributed by atoms with Crippen LogP contribution in [0.1, 0.15) is 18.4 Å². The van der Waals surface area contributed by atoms with Crippen molar-refractivity contribution in [1.82, 2.24) is 10.1 Å². The van der Waals surface area contributed by atoms with Crippen molar-refractivity contribution in [2.75, 3.05) is 27.9 Å². The maximum atomic E-state index is 12.3. The summed E-state index contributed by atoms with van der Waals surface area (Å²) < 4.78 is 32.0. The Bertz CT molecular complexity index is 1010. The minimum Gasteiger partial charge on any atom is -0.493 e. The number of benzene rings is 2. The van der Waals surface area contributed by atoms with Crippen molar-refractivity contribution < 1.29 is 33.0 Å². The lowest BCUT2D eigenvalue weighted by atomic mass is 10.1. The van der Waals surface area contributed by atoms with Crippen molar-refractivity contribution in [2.45, 2.75) is 20.0 Å². The third kappa shape index (κ3) is 5.25. The quantitative estimate of drug-likeness (QED) is 0.449. The number of aromatic nitrogens is 2. The Balaban J connectivity index is 1.65. The van der Waals surface area contributed by atoms with Gasteiger partial charge in [-0.15, -0.1) is 0 Å². The number of rotatable bonds is 10. The molecule has 164 valence electrons. The van der Waals surface area contributed by atoms with E-state index in [0.29, 0.717) is 46.6 Å². The zero-order chi connectivity index (χ0) is 22.2. The Morgan fingerprint density at radius 2 is 1.71 bits per heavy atom. The molecule has 0 bridgehead atoms. The van der Waals surface area contributed by atoms with Gasteiger partial charge >= 0.3 is 5.97 Å². The summed E-state index contributed by atoms with van der Waals surface area (Å²) in [5.41, 5.74) is 1.35. The van der Waals surface area contributed by atoms with E-state index in [4.69, 9.17) is 28.2 Å². The minimum absolute atomic E-state index is 0.00484. The first-order valence-electron chi connectivity index (χ1n) is 9.58. The standard InChI is InChI=1S/C22H24N2O7/c1-5-29-16-9-7-6-8-15(16)22-23-19(31-24-22)13-30-20(25)12-14-10-17(26-2)21(28-4)18(11-14)27-3/h6-11H,5,12-13H2,1-4H3. The average molecular weight is 428 g/mol. The second-order valence-electron chi connectivity index (χ2n) is 6.31. The van der Waals surface area contributed by atoms with Crippen LogP contribution in [-0.2, 0) is 22.6 Å². The van der Waals surface area contributed by atoms with Gasteiger partial charge in [0.05, 0.1) is 39.9 Å². The summed E-state index contributed by atoms with van der Waals surface area (Å²) in [7, 11) is 4.53. The first kappa shape index (κ1) is 21.9. The molecule has 0 N–H and O–H groups in total. The molecule has 0 radical (unpaired) electrons. The van der Waals surface area contributed by atoms with Crippen molar-refractivity contribution >= 4 is 5.97 Å². The summed E-state index contributed by atoms with van der Waals surface area (Å²) in [5.74, 6) is 2.09. The molecule has 0 saturated carbocycles. The number of hydrogen-bond acceptors (Lipinski definition) is 9. The first-order valence-corrected chi connectivity index (χ1v) is 9.58. The maximum Gasteiger partial charge on any atom is 0.310 e. The van der Waals surface area contributed by atoms with Crippen LogP contribution in [0, 0.1) is 0 Å². The summed E-state index contributed by atoms with van der Waals surface area (Å²) in [4.78, 5) is 16.6. The number of methoxy groups -OCH3 is 3. The Kier molecular flexibility index (Phi) is 7.31. The summed E-state index contributed by atoms with van der Waals surface area (Å²) in [6, 6.07) is 10.8. The van der Waals surface area contributed by atoms with Crippen LogP contribution >= 0.6 is 0 Å². The third-order valence-corrected chi connectivity index (χ3v) is 4.33. The van der Waals surface area contributed by atoms with Crippen LogP contribution in [-0.4, -0.2) is 44.0 Å². The van der Waals surface area contributed by atoms with Gasteiger partial charge in [0.1, 0.15) is 5.75 Å². The molecule has 0 aliphatic rings. The lowest BCUT2D eigenvalue weighted by molar-refractivity contribution is -0.144. The molecule has 3 aromatic rings. The topological polar surface area (TPSA) is 102 Å². The van der Waals surface area contributed by atoms with E-state index in [1.807, 2.05) is 31.2 Å². The summed E-state index contributed by atoms with van der Waals surface area (Å²) in [6.07, 6.45) is 0.00484. The van der Waals surface area contributed by atoms with Crippen molar-refractivity contribution in [3.8, 4) is 34.4 Å². The van der Waals surface area contributed by atoms with Gasteiger partial charge in [0, 0.05) is 0 Å². The van der Waals surface area contributed by atoms with Gasteiger partial charge in [-0.25, -0.2) is 0 Å². The van der Waals surface area contributed by atoms with Gasteiger partial charge in [-0.3, -0.25) is 4.79 Å². The number of para-hydroxylation sites is 1. The first-order chi connectivity index (χ1) is 15.1. The molecule has 1 aromatic heterocycles. The van der Waals surface area contributed by atoms with Gasteiger partial charge in [-0.2, -0.15) is 4.98 Å². The van der Waals surface area contributed by atoms with Crippen LogP contribution in [0.15, 0.2) is 40.9 Å². The van der Waals surface area contributed by atoms with Gasteiger partial charge in [0.15, 0.2) is 18.1 Å². The molecule has 0 fully saturated rings. The van der Waals surface area contributed by atoms with Gasteiger partial charge in [0.2, 0.25) is 11.6 Å². The zero-order valence-electron chi connectivity index (χ0n) is 17.8. The van der Waals surface area contributed by atoms with E-state index in [9.17, 15) is 4.79 Å². The molecule has 0 saturated heterocycles. The van der Waals surface area contributed by atoms with Crippen molar-refractivity contribution in [2.24, 2.45) is 0 Å². The van der Waals surface area contributed by atoms with Crippen molar-refractivity contribution in [1.29, 1.82) is 0 Å². The van der Waals surface area contributed by atoms with Crippen LogP contribution in [0.2, 0.25) is 0 Å². The van der Waals surface area contributed by atoms with Crippen molar-refractivity contribution in [3.05, 3.63) is 47.9 Å². The molecule has 0 aliphatic carbocycles. The largest absolute Gasteiger partial charge is 0.493 e. The lowest BCUT2D eigenvalue weighted by Gasteiger charge is -2.13. The summed E-state index contributed by atoms with van der Waals surface area (Å²) in [6.45, 7) is 2.26. The summed E-state index contributed by atoms with van der Waals surface area (Å²) >= 11 is 0. The second-order valence-corrected chi connectivity index (χ2v) is 6.31. The van der Waals surface area contributed by atoms with Crippen molar-refractivity contribution in [3.63, 3.8) is 0 Å². The maximum absolute atomic E-state index is 12.3. The molecule has 0 amide bonds. The molecule has 0 atom stereocenters. The monoisotopic (exact) mass is 428 g/mol. The molecule has 0 aliphatic heterocycles. The predicted octanol–water partition coefficient (Wildman–Crippen LogP) is 3.45. The van der Waals surface area contributed by atoms with Crippen LogP contribution < -0.4 is 18.9 Å². The molecular formula is C22H24N2O7. The Hall–Kier alpha value is -3.75. The van der Waals surface area contributed by atoms with Gasteiger partial charge in [-0.05, 0) is 36.8 Å². The fourth-order valence-electron chi connectivity index (χ4n) is 2.95. The Labute approximate surface area is 179 Å². The normalized spacial score (nSPS) is 10.5. The van der Waals surface area contributed by atoms with Crippen LogP contribution in [0.3, 0.4) is 0 Å². The van der Waals surface area contributed by atoms with Gasteiger partial charge in [-0.1, -0.05) is 17.3 Å². The highest BCUT2D eigenvalue weighted by molar-refractivity contribution is 5.73. The van der Waals surface area contributed by atoms with E-state index in [1.165, 1.54) is 21.3 Å². The van der Waals surface area contributed by atoms with Crippen LogP contribution in [0.5, 0.6) is 23.0 Å². The number of carbonyl (C=O) groups is 1. The number of nitrogens with zero attached hydrogens (tertiary/aromatic N) is 2. The molecule has 9 heteroatoms. The van der Waals surface area contributed by atoms with Gasteiger partial charge < -0.3 is 28.2 Å². The van der Waals surface area contributed by atoms with Gasteiger partial charge in [0.25, 0.3) is 5.89 Å². The minimum atomic E-state index is -0.469. The average Bonchev–Trinajstić information content (AvgIpc) is 3.26. The highest BCUT2D eigenvalue weighted by Crippen LogP contribution is 2.38. The molecule has 9 nitrogen and oxygen atoms in total. The van der Waals surface area contributed by atoms with E-state index >= 15 is 0 Å². The molecule has 3 rings (SSSR count). The Morgan fingerprint density at radius 3 is 2.35 bits per heavy atom. The number of ether oxygens (including phenoxy) is 5. The molecule has 0 spiro atoms. The smallest absolute Gasteiger partial charge is 0.310 e. The molecular weight excluding hydrogens is 404 g/mol. The predicted molar refractivity (Wildman–Crippen MR) is 111 cm³/mol. The SMILES string of the molecule is CCOc1ccccc1-c1noc(COC(=O)Cc2cc(OC)c(OC)c(OC)c2)n1. The molecule has 0 unspecified atom stereocenters. The molecule has 1 heterocycles. The second kappa shape index (κ2) is 10.3. The molecule has 31 heavy (non-hydrogen) atoms. The third-order valence-electron chi connectivity index (χ3n) is 4.33. The summed E-state index contributed by atoms with van der Waals surface area (Å²) in [5, 5.41) is 3.95. The zero-order valence-corrected chi connectivity index (χ0v) is 17.8. The van der Waals surface area contributed by atoms with Crippen LogP contribution in [0.4, 0.5) is 0 Å². The van der Waals surface area contributed by atoms with E-state index < -0.39 is 5.97 Å². The highest BCUT2D eigenvalue weighted by atomic mass is 16.6. The van der Waals surface area contributed by atoms with E-state index in [2.05, 4.69) is 10.1 Å². The number of carbonyl (C=O) groups excluding carboxylic acids is 1. The number of hydrogen-bond donors (Lipinski definition) is 0. The van der Waals surface area contributed by atoms with E-state index in [-0.39, 0.29) is 18.9 Å². The fraction of sp³-hybridized carbons (Fsp3) is 0.318. The lowest BCUT2D eigenvalue weighted by Crippen LogP contribution is -2.09.